The molecule has 0 bridgehead atoms. The topological polar surface area (TPSA) is 35.5 Å². The lowest BCUT2D eigenvalue weighted by Crippen LogP contribution is -2.13. The van der Waals surface area contributed by atoms with Crippen molar-refractivity contribution < 1.29 is 14.3 Å². The molecule has 0 saturated carbocycles. The van der Waals surface area contributed by atoms with Crippen LogP contribution < -0.4 is 0 Å². The Morgan fingerprint density at radius 2 is 1.75 bits per heavy atom. The van der Waals surface area contributed by atoms with Gasteiger partial charge in [-0.1, -0.05) is 44.9 Å². The summed E-state index contributed by atoms with van der Waals surface area (Å²) in [6.45, 7) is 5.81. The second kappa shape index (κ2) is 10.4. The van der Waals surface area contributed by atoms with Crippen LogP contribution in [0, 0.1) is 0 Å². The van der Waals surface area contributed by atoms with Crippen LogP contribution in [0.15, 0.2) is 24.3 Å². The molecule has 0 aliphatic carbocycles. The van der Waals surface area contributed by atoms with Gasteiger partial charge in [-0.25, -0.2) is 4.79 Å². The minimum Gasteiger partial charge on any atom is -0.460 e. The van der Waals surface area contributed by atoms with Gasteiger partial charge in [-0.05, 0) is 30.9 Å². The molecule has 0 saturated heterocycles. The first kappa shape index (κ1) is 16.7. The summed E-state index contributed by atoms with van der Waals surface area (Å²) in [5, 5.41) is 0. The fourth-order valence-electron chi connectivity index (χ4n) is 1.92. The van der Waals surface area contributed by atoms with Crippen molar-refractivity contribution in [3.63, 3.8) is 0 Å². The third kappa shape index (κ3) is 6.20. The molecule has 0 N–H and O–H groups in total. The van der Waals surface area contributed by atoms with E-state index >= 15 is 0 Å². The summed E-state index contributed by atoms with van der Waals surface area (Å²) in [6, 6.07) is 7.69. The molecule has 0 aliphatic heterocycles. The smallest absolute Gasteiger partial charge is 0.338 e. The van der Waals surface area contributed by atoms with Crippen molar-refractivity contribution >= 4 is 5.97 Å². The molecule has 0 fully saturated rings. The predicted molar refractivity (Wildman–Crippen MR) is 81.1 cm³/mol. The van der Waals surface area contributed by atoms with E-state index in [-0.39, 0.29) is 5.97 Å². The number of carbonyl (C=O) groups excluding carboxylic acids is 1. The predicted octanol–water partition coefficient (Wildman–Crippen LogP) is 4.00. The largest absolute Gasteiger partial charge is 0.460 e. The second-order valence-corrected chi connectivity index (χ2v) is 4.86. The van der Waals surface area contributed by atoms with Crippen molar-refractivity contribution in [3.8, 4) is 0 Å². The zero-order valence-electron chi connectivity index (χ0n) is 12.7. The van der Waals surface area contributed by atoms with Gasteiger partial charge in [0.15, 0.2) is 0 Å². The van der Waals surface area contributed by atoms with Crippen LogP contribution in [-0.4, -0.2) is 25.8 Å². The molecular weight excluding hydrogens is 252 g/mol. The SMILES string of the molecule is CCCCOCCOC(=O)c1ccccc1CCCC. The molecule has 0 atom stereocenters. The summed E-state index contributed by atoms with van der Waals surface area (Å²) in [4.78, 5) is 12.0. The number of ether oxygens (including phenoxy) is 2. The van der Waals surface area contributed by atoms with Crippen LogP contribution in [0.5, 0.6) is 0 Å². The van der Waals surface area contributed by atoms with Crippen molar-refractivity contribution in [2.24, 2.45) is 0 Å². The normalized spacial score (nSPS) is 10.5. The van der Waals surface area contributed by atoms with Gasteiger partial charge in [-0.15, -0.1) is 0 Å². The Labute approximate surface area is 122 Å². The molecule has 0 heterocycles. The summed E-state index contributed by atoms with van der Waals surface area (Å²) in [7, 11) is 0. The molecule has 112 valence electrons. The highest BCUT2D eigenvalue weighted by molar-refractivity contribution is 5.91. The standard InChI is InChI=1S/C17H26O3/c1-3-5-9-15-10-7-8-11-16(15)17(18)20-14-13-19-12-6-4-2/h7-8,10-11H,3-6,9,12-14H2,1-2H3. The molecule has 3 heteroatoms. The van der Waals surface area contributed by atoms with Crippen LogP contribution in [0.1, 0.15) is 55.5 Å². The zero-order chi connectivity index (χ0) is 14.6. The number of benzene rings is 1. The maximum Gasteiger partial charge on any atom is 0.338 e. The number of carbonyl (C=O) groups is 1. The van der Waals surface area contributed by atoms with Crippen molar-refractivity contribution in [2.45, 2.75) is 46.0 Å². The first-order chi connectivity index (χ1) is 9.79. The maximum atomic E-state index is 12.0. The summed E-state index contributed by atoms with van der Waals surface area (Å²) >= 11 is 0. The Bertz CT molecular complexity index is 388. The molecule has 1 aromatic rings. The average molecular weight is 278 g/mol. The first-order valence-corrected chi connectivity index (χ1v) is 7.62. The Balaban J connectivity index is 2.38. The van der Waals surface area contributed by atoms with E-state index in [4.69, 9.17) is 9.47 Å². The lowest BCUT2D eigenvalue weighted by atomic mass is 10.0. The molecule has 1 aromatic carbocycles. The zero-order valence-corrected chi connectivity index (χ0v) is 12.7. The highest BCUT2D eigenvalue weighted by Gasteiger charge is 2.11. The van der Waals surface area contributed by atoms with Crippen LogP contribution in [0.4, 0.5) is 0 Å². The van der Waals surface area contributed by atoms with Crippen molar-refractivity contribution in [1.82, 2.24) is 0 Å². The number of hydrogen-bond donors (Lipinski definition) is 0. The van der Waals surface area contributed by atoms with E-state index in [1.807, 2.05) is 24.3 Å². The maximum absolute atomic E-state index is 12.0. The van der Waals surface area contributed by atoms with Crippen molar-refractivity contribution in [2.75, 3.05) is 19.8 Å². The van der Waals surface area contributed by atoms with E-state index in [1.165, 1.54) is 0 Å². The molecule has 0 aliphatic rings. The van der Waals surface area contributed by atoms with Gasteiger partial charge in [0, 0.05) is 6.61 Å². The summed E-state index contributed by atoms with van der Waals surface area (Å²) in [5.74, 6) is -0.240. The summed E-state index contributed by atoms with van der Waals surface area (Å²) < 4.78 is 10.6. The fourth-order valence-corrected chi connectivity index (χ4v) is 1.92. The Hall–Kier alpha value is -1.35. The molecular formula is C17H26O3. The Kier molecular flexibility index (Phi) is 8.72. The molecule has 3 nitrogen and oxygen atoms in total. The van der Waals surface area contributed by atoms with Crippen LogP contribution in [-0.2, 0) is 15.9 Å². The quantitative estimate of drug-likeness (QED) is 0.479. The monoisotopic (exact) mass is 278 g/mol. The minimum absolute atomic E-state index is 0.240. The highest BCUT2D eigenvalue weighted by Crippen LogP contribution is 2.13. The van der Waals surface area contributed by atoms with E-state index in [2.05, 4.69) is 13.8 Å². The van der Waals surface area contributed by atoms with Crippen LogP contribution in [0.2, 0.25) is 0 Å². The summed E-state index contributed by atoms with van der Waals surface area (Å²) in [6.07, 6.45) is 5.30. The van der Waals surface area contributed by atoms with Crippen LogP contribution >= 0.6 is 0 Å². The molecule has 1 rings (SSSR count). The van der Waals surface area contributed by atoms with Gasteiger partial charge in [0.2, 0.25) is 0 Å². The van der Waals surface area contributed by atoms with Gasteiger partial charge in [0.05, 0.1) is 12.2 Å². The van der Waals surface area contributed by atoms with Crippen molar-refractivity contribution in [3.05, 3.63) is 35.4 Å². The minimum atomic E-state index is -0.240. The molecule has 0 spiro atoms. The molecule has 0 radical (unpaired) electrons. The van der Waals surface area contributed by atoms with Crippen LogP contribution in [0.25, 0.3) is 0 Å². The Morgan fingerprint density at radius 1 is 1.00 bits per heavy atom. The number of rotatable bonds is 10. The number of aryl methyl sites for hydroxylation is 1. The molecule has 0 amide bonds. The lowest BCUT2D eigenvalue weighted by Gasteiger charge is -2.09. The van der Waals surface area contributed by atoms with Gasteiger partial charge in [-0.2, -0.15) is 0 Å². The first-order valence-electron chi connectivity index (χ1n) is 7.62. The highest BCUT2D eigenvalue weighted by atomic mass is 16.6. The van der Waals surface area contributed by atoms with E-state index in [9.17, 15) is 4.79 Å². The average Bonchev–Trinajstić information content (AvgIpc) is 2.48. The summed E-state index contributed by atoms with van der Waals surface area (Å²) in [5.41, 5.74) is 1.76. The third-order valence-corrected chi connectivity index (χ3v) is 3.14. The van der Waals surface area contributed by atoms with E-state index < -0.39 is 0 Å². The van der Waals surface area contributed by atoms with E-state index in [0.717, 1.165) is 44.3 Å². The second-order valence-electron chi connectivity index (χ2n) is 4.86. The van der Waals surface area contributed by atoms with Gasteiger partial charge in [-0.3, -0.25) is 0 Å². The molecule has 0 unspecified atom stereocenters. The lowest BCUT2D eigenvalue weighted by molar-refractivity contribution is 0.0312. The Morgan fingerprint density at radius 3 is 2.50 bits per heavy atom. The van der Waals surface area contributed by atoms with Gasteiger partial charge in [0.1, 0.15) is 6.61 Å². The van der Waals surface area contributed by atoms with Gasteiger partial charge in [0.25, 0.3) is 0 Å². The number of unbranched alkanes of at least 4 members (excludes halogenated alkanes) is 2. The van der Waals surface area contributed by atoms with Crippen LogP contribution in [0.3, 0.4) is 0 Å². The van der Waals surface area contributed by atoms with Gasteiger partial charge >= 0.3 is 5.97 Å². The van der Waals surface area contributed by atoms with Gasteiger partial charge < -0.3 is 9.47 Å². The number of esters is 1. The van der Waals surface area contributed by atoms with E-state index in [1.54, 1.807) is 0 Å². The third-order valence-electron chi connectivity index (χ3n) is 3.14. The van der Waals surface area contributed by atoms with Crippen molar-refractivity contribution in [1.29, 1.82) is 0 Å². The molecule has 20 heavy (non-hydrogen) atoms. The number of hydrogen-bond acceptors (Lipinski definition) is 3. The molecule has 0 aromatic heterocycles. The van der Waals surface area contributed by atoms with E-state index in [0.29, 0.717) is 18.8 Å². The fraction of sp³-hybridized carbons (Fsp3) is 0.588.